The van der Waals surface area contributed by atoms with Gasteiger partial charge in [0.2, 0.25) is 0 Å². The number of rotatable bonds is 5. The lowest BCUT2D eigenvalue weighted by molar-refractivity contribution is -0.135. The molecule has 0 bridgehead atoms. The molecule has 2 rings (SSSR count). The van der Waals surface area contributed by atoms with Crippen molar-refractivity contribution in [2.24, 2.45) is 0 Å². The van der Waals surface area contributed by atoms with Gasteiger partial charge in [0.25, 0.3) is 10.0 Å². The van der Waals surface area contributed by atoms with Gasteiger partial charge in [-0.25, -0.2) is 12.8 Å². The Bertz CT molecular complexity index is 775. The number of carboxylic acids is 1. The lowest BCUT2D eigenvalue weighted by atomic mass is 10.3. The molecule has 0 amide bonds. The molecule has 0 unspecified atom stereocenters. The first-order valence-electron chi connectivity index (χ1n) is 6.06. The lowest BCUT2D eigenvalue weighted by Gasteiger charge is -2.22. The molecule has 0 aliphatic heterocycles. The summed E-state index contributed by atoms with van der Waals surface area (Å²) in [6, 6.07) is 9.84. The van der Waals surface area contributed by atoms with Crippen LogP contribution in [0.2, 0.25) is 5.02 Å². The number of carboxylic acid groups (broad SMARTS) is 1. The maximum Gasteiger partial charge on any atom is 0.324 e. The molecule has 0 spiro atoms. The SMILES string of the molecule is O=C(O)CN(c1ccc(Cl)cc1)S(=O)(=O)c1ccc(F)cc1. The van der Waals surface area contributed by atoms with Gasteiger partial charge in [-0.1, -0.05) is 11.6 Å². The first-order chi connectivity index (χ1) is 10.3. The summed E-state index contributed by atoms with van der Waals surface area (Å²) in [5, 5.41) is 9.35. The smallest absolute Gasteiger partial charge is 0.324 e. The highest BCUT2D eigenvalue weighted by Crippen LogP contribution is 2.25. The highest BCUT2D eigenvalue weighted by atomic mass is 35.5. The van der Waals surface area contributed by atoms with Crippen LogP contribution in [-0.2, 0) is 14.8 Å². The zero-order valence-corrected chi connectivity index (χ0v) is 12.7. The minimum atomic E-state index is -4.14. The molecule has 0 saturated heterocycles. The van der Waals surface area contributed by atoms with Crippen LogP contribution < -0.4 is 4.31 Å². The Morgan fingerprint density at radius 2 is 1.64 bits per heavy atom. The van der Waals surface area contributed by atoms with Gasteiger partial charge in [0, 0.05) is 5.02 Å². The van der Waals surface area contributed by atoms with E-state index in [1.165, 1.54) is 24.3 Å². The highest BCUT2D eigenvalue weighted by Gasteiger charge is 2.27. The van der Waals surface area contributed by atoms with E-state index in [1.54, 1.807) is 0 Å². The molecule has 116 valence electrons. The second kappa shape index (κ2) is 6.33. The van der Waals surface area contributed by atoms with E-state index in [0.717, 1.165) is 28.6 Å². The predicted octanol–water partition coefficient (Wildman–Crippen LogP) is 2.76. The molecule has 2 aromatic carbocycles. The molecule has 0 aromatic heterocycles. The Morgan fingerprint density at radius 1 is 1.09 bits per heavy atom. The second-order valence-corrected chi connectivity index (χ2v) is 6.63. The fraction of sp³-hybridized carbons (Fsp3) is 0.0714. The van der Waals surface area contributed by atoms with Crippen molar-refractivity contribution in [3.05, 3.63) is 59.4 Å². The Labute approximate surface area is 131 Å². The van der Waals surface area contributed by atoms with Crippen molar-refractivity contribution in [1.29, 1.82) is 0 Å². The molecule has 5 nitrogen and oxygen atoms in total. The van der Waals surface area contributed by atoms with Crippen molar-refractivity contribution in [1.82, 2.24) is 0 Å². The first-order valence-corrected chi connectivity index (χ1v) is 7.88. The fourth-order valence-electron chi connectivity index (χ4n) is 1.78. The number of aliphatic carboxylic acids is 1. The van der Waals surface area contributed by atoms with Gasteiger partial charge >= 0.3 is 5.97 Å². The fourth-order valence-corrected chi connectivity index (χ4v) is 3.32. The average molecular weight is 344 g/mol. The van der Waals surface area contributed by atoms with E-state index in [9.17, 15) is 17.6 Å². The van der Waals surface area contributed by atoms with Crippen LogP contribution in [-0.4, -0.2) is 26.0 Å². The molecule has 0 saturated carbocycles. The zero-order chi connectivity index (χ0) is 16.3. The monoisotopic (exact) mass is 343 g/mol. The van der Waals surface area contributed by atoms with Gasteiger partial charge in [0.15, 0.2) is 0 Å². The summed E-state index contributed by atoms with van der Waals surface area (Å²) in [6.07, 6.45) is 0. The molecule has 8 heteroatoms. The van der Waals surface area contributed by atoms with Crippen molar-refractivity contribution in [3.63, 3.8) is 0 Å². The maximum atomic E-state index is 12.9. The van der Waals surface area contributed by atoms with E-state index in [2.05, 4.69) is 0 Å². The van der Waals surface area contributed by atoms with Gasteiger partial charge in [0.1, 0.15) is 12.4 Å². The third-order valence-corrected chi connectivity index (χ3v) is 4.84. The molecule has 0 aliphatic carbocycles. The van der Waals surface area contributed by atoms with Crippen molar-refractivity contribution in [2.75, 3.05) is 10.8 Å². The number of anilines is 1. The summed E-state index contributed by atoms with van der Waals surface area (Å²) in [5.74, 6) is -1.91. The summed E-state index contributed by atoms with van der Waals surface area (Å²) in [4.78, 5) is 10.8. The Kier molecular flexibility index (Phi) is 4.68. The van der Waals surface area contributed by atoms with Crippen molar-refractivity contribution < 1.29 is 22.7 Å². The second-order valence-electron chi connectivity index (χ2n) is 4.34. The first kappa shape index (κ1) is 16.3. The van der Waals surface area contributed by atoms with Crippen LogP contribution in [0.1, 0.15) is 0 Å². The van der Waals surface area contributed by atoms with Crippen LogP contribution in [0, 0.1) is 5.82 Å². The normalized spacial score (nSPS) is 11.2. The number of hydrogen-bond acceptors (Lipinski definition) is 3. The van der Waals surface area contributed by atoms with E-state index in [1.807, 2.05) is 0 Å². The summed E-state index contributed by atoms with van der Waals surface area (Å²) in [7, 11) is -4.14. The molecule has 0 radical (unpaired) electrons. The molecule has 0 atom stereocenters. The van der Waals surface area contributed by atoms with Crippen LogP contribution in [0.5, 0.6) is 0 Å². The van der Waals surface area contributed by atoms with E-state index in [-0.39, 0.29) is 10.6 Å². The van der Waals surface area contributed by atoms with Crippen LogP contribution in [0.4, 0.5) is 10.1 Å². The van der Waals surface area contributed by atoms with E-state index in [4.69, 9.17) is 16.7 Å². The Morgan fingerprint density at radius 3 is 2.14 bits per heavy atom. The van der Waals surface area contributed by atoms with Gasteiger partial charge in [-0.3, -0.25) is 9.10 Å². The number of nitrogens with zero attached hydrogens (tertiary/aromatic N) is 1. The molecule has 0 heterocycles. The maximum absolute atomic E-state index is 12.9. The summed E-state index contributed by atoms with van der Waals surface area (Å²) in [5.41, 5.74) is 0.149. The minimum absolute atomic E-state index is 0.149. The van der Waals surface area contributed by atoms with E-state index < -0.39 is 28.4 Å². The van der Waals surface area contributed by atoms with Crippen LogP contribution >= 0.6 is 11.6 Å². The van der Waals surface area contributed by atoms with Crippen LogP contribution in [0.15, 0.2) is 53.4 Å². The number of hydrogen-bond donors (Lipinski definition) is 1. The van der Waals surface area contributed by atoms with Crippen molar-refractivity contribution in [2.45, 2.75) is 4.90 Å². The Hall–Kier alpha value is -2.12. The molecule has 0 aliphatic rings. The molecule has 22 heavy (non-hydrogen) atoms. The molecular weight excluding hydrogens is 333 g/mol. The topological polar surface area (TPSA) is 74.7 Å². The van der Waals surface area contributed by atoms with E-state index >= 15 is 0 Å². The zero-order valence-electron chi connectivity index (χ0n) is 11.1. The number of halogens is 2. The summed E-state index contributed by atoms with van der Waals surface area (Å²) >= 11 is 5.74. The van der Waals surface area contributed by atoms with Crippen LogP contribution in [0.25, 0.3) is 0 Å². The third-order valence-electron chi connectivity index (χ3n) is 2.80. The number of benzene rings is 2. The highest BCUT2D eigenvalue weighted by molar-refractivity contribution is 7.92. The van der Waals surface area contributed by atoms with Crippen molar-refractivity contribution in [3.8, 4) is 0 Å². The van der Waals surface area contributed by atoms with Crippen molar-refractivity contribution >= 4 is 33.3 Å². The van der Waals surface area contributed by atoms with Gasteiger partial charge in [-0.15, -0.1) is 0 Å². The van der Waals surface area contributed by atoms with E-state index in [0.29, 0.717) is 5.02 Å². The molecular formula is C14H11ClFNO4S. The molecule has 0 fully saturated rings. The Balaban J connectivity index is 2.50. The average Bonchev–Trinajstić information content (AvgIpc) is 2.46. The third kappa shape index (κ3) is 3.55. The largest absolute Gasteiger partial charge is 0.480 e. The number of sulfonamides is 1. The van der Waals surface area contributed by atoms with Gasteiger partial charge in [-0.05, 0) is 48.5 Å². The molecule has 1 N–H and O–H groups in total. The minimum Gasteiger partial charge on any atom is -0.480 e. The molecule has 2 aromatic rings. The lowest BCUT2D eigenvalue weighted by Crippen LogP contribution is -2.35. The quantitative estimate of drug-likeness (QED) is 0.905. The number of carbonyl (C=O) groups is 1. The van der Waals surface area contributed by atoms with Gasteiger partial charge in [-0.2, -0.15) is 0 Å². The summed E-state index contributed by atoms with van der Waals surface area (Å²) in [6.45, 7) is -0.763. The van der Waals surface area contributed by atoms with Crippen LogP contribution in [0.3, 0.4) is 0 Å². The predicted molar refractivity (Wildman–Crippen MR) is 80.0 cm³/mol. The standard InChI is InChI=1S/C14H11ClFNO4S/c15-10-1-5-12(6-2-10)17(9-14(18)19)22(20,21)13-7-3-11(16)4-8-13/h1-8H,9H2,(H,18,19). The van der Waals surface area contributed by atoms with Gasteiger partial charge < -0.3 is 5.11 Å². The van der Waals surface area contributed by atoms with Gasteiger partial charge in [0.05, 0.1) is 10.6 Å². The summed E-state index contributed by atoms with van der Waals surface area (Å²) < 4.78 is 38.8.